The minimum absolute atomic E-state index is 0.0197. The van der Waals surface area contributed by atoms with Crippen molar-refractivity contribution in [1.82, 2.24) is 0 Å². The smallest absolute Gasteiger partial charge is 0.420 e. The van der Waals surface area contributed by atoms with E-state index in [1.165, 1.54) is 0 Å². The topological polar surface area (TPSA) is 105 Å². The minimum atomic E-state index is -5.01. The van der Waals surface area contributed by atoms with E-state index in [2.05, 4.69) is 0 Å². The summed E-state index contributed by atoms with van der Waals surface area (Å²) in [5, 5.41) is 23.0. The summed E-state index contributed by atoms with van der Waals surface area (Å²) in [5.74, 6) is -1.26. The van der Waals surface area contributed by atoms with Gasteiger partial charge in [0.2, 0.25) is 0 Å². The van der Waals surface area contributed by atoms with Crippen LogP contribution in [0.5, 0.6) is 23.0 Å². The zero-order chi connectivity index (χ0) is 45.7. The fraction of sp³-hybridized carbons (Fsp3) is 0.0588. The molecule has 0 heterocycles. The third-order valence-corrected chi connectivity index (χ3v) is 11.3. The Morgan fingerprint density at radius 2 is 0.754 bits per heavy atom. The lowest BCUT2D eigenvalue weighted by atomic mass is 9.67. The second kappa shape index (κ2) is 16.1. The Morgan fingerprint density at radius 1 is 0.400 bits per heavy atom. The van der Waals surface area contributed by atoms with E-state index in [9.17, 15) is 46.6 Å². The molecule has 8 aromatic carbocycles. The van der Waals surface area contributed by atoms with Crippen molar-refractivity contribution in [3.8, 4) is 56.4 Å². The van der Waals surface area contributed by atoms with E-state index in [-0.39, 0.29) is 11.5 Å². The molecule has 0 saturated heterocycles. The second-order valence-electron chi connectivity index (χ2n) is 15.1. The molecule has 0 saturated carbocycles. The molecular formula is C51H30F6N2O6. The Bertz CT molecular complexity index is 2940. The van der Waals surface area contributed by atoms with Gasteiger partial charge in [0, 0.05) is 35.4 Å². The first-order chi connectivity index (χ1) is 31.1. The zero-order valence-electron chi connectivity index (χ0n) is 33.4. The molecule has 0 atom stereocenters. The lowest BCUT2D eigenvalue weighted by Crippen LogP contribution is -2.28. The van der Waals surface area contributed by atoms with E-state index in [0.29, 0.717) is 45.5 Å². The highest BCUT2D eigenvalue weighted by Crippen LogP contribution is 2.58. The molecule has 0 aliphatic heterocycles. The van der Waals surface area contributed by atoms with Gasteiger partial charge in [0.15, 0.2) is 0 Å². The Balaban J connectivity index is 1.29. The molecule has 8 aromatic rings. The summed E-state index contributed by atoms with van der Waals surface area (Å²) in [6.45, 7) is 0. The molecule has 8 nitrogen and oxygen atoms in total. The summed E-state index contributed by atoms with van der Waals surface area (Å²) in [7, 11) is 0. The number of non-ortho nitro benzene ring substituents is 2. The molecule has 0 unspecified atom stereocenters. The molecule has 0 radical (unpaired) electrons. The molecule has 65 heavy (non-hydrogen) atoms. The van der Waals surface area contributed by atoms with Gasteiger partial charge in [-0.2, -0.15) is 26.3 Å². The van der Waals surface area contributed by atoms with Crippen LogP contribution in [0.15, 0.2) is 182 Å². The van der Waals surface area contributed by atoms with Crippen molar-refractivity contribution < 1.29 is 45.7 Å². The van der Waals surface area contributed by atoms with Crippen LogP contribution in [-0.4, -0.2) is 9.85 Å². The number of rotatable bonds is 10. The first-order valence-electron chi connectivity index (χ1n) is 19.8. The molecular weight excluding hydrogens is 851 g/mol. The fourth-order valence-corrected chi connectivity index (χ4v) is 8.54. The van der Waals surface area contributed by atoms with Gasteiger partial charge in [0.25, 0.3) is 11.4 Å². The summed E-state index contributed by atoms with van der Waals surface area (Å²) in [4.78, 5) is 21.1. The number of halogens is 6. The van der Waals surface area contributed by atoms with E-state index in [0.717, 1.165) is 46.5 Å². The number of nitrogens with zero attached hydrogens (tertiary/aromatic N) is 2. The van der Waals surface area contributed by atoms with Crippen molar-refractivity contribution in [3.63, 3.8) is 0 Å². The fourth-order valence-electron chi connectivity index (χ4n) is 8.54. The van der Waals surface area contributed by atoms with Gasteiger partial charge in [-0.3, -0.25) is 20.2 Å². The Morgan fingerprint density at radius 3 is 1.12 bits per heavy atom. The third-order valence-electron chi connectivity index (χ3n) is 11.3. The first-order valence-corrected chi connectivity index (χ1v) is 19.8. The maximum absolute atomic E-state index is 14.4. The number of nitro benzene ring substituents is 2. The van der Waals surface area contributed by atoms with Gasteiger partial charge in [0.1, 0.15) is 34.1 Å². The van der Waals surface area contributed by atoms with Crippen molar-refractivity contribution in [2.45, 2.75) is 17.8 Å². The van der Waals surface area contributed by atoms with Crippen LogP contribution in [0.1, 0.15) is 33.4 Å². The molecule has 1 aliphatic carbocycles. The average Bonchev–Trinajstić information content (AvgIpc) is 3.60. The largest absolute Gasteiger partial charge is 0.456 e. The van der Waals surface area contributed by atoms with Crippen LogP contribution in [0, 0.1) is 20.2 Å². The number of ether oxygens (including phenoxy) is 2. The van der Waals surface area contributed by atoms with E-state index in [4.69, 9.17) is 9.47 Å². The second-order valence-corrected chi connectivity index (χ2v) is 15.1. The van der Waals surface area contributed by atoms with Gasteiger partial charge in [-0.05, 0) is 80.9 Å². The molecule has 0 aromatic heterocycles. The van der Waals surface area contributed by atoms with Crippen LogP contribution in [0.2, 0.25) is 0 Å². The Labute approximate surface area is 365 Å². The maximum Gasteiger partial charge on any atom is 0.420 e. The number of fused-ring (bicyclic) bond motifs is 3. The summed E-state index contributed by atoms with van der Waals surface area (Å²) in [6.07, 6.45) is -10.0. The van der Waals surface area contributed by atoms with Crippen molar-refractivity contribution in [1.29, 1.82) is 0 Å². The molecule has 322 valence electrons. The summed E-state index contributed by atoms with van der Waals surface area (Å²) in [5.41, 5.74) is 1.24. The Kier molecular flexibility index (Phi) is 10.4. The van der Waals surface area contributed by atoms with Gasteiger partial charge in [0.05, 0.1) is 15.3 Å². The van der Waals surface area contributed by atoms with Crippen LogP contribution >= 0.6 is 0 Å². The standard InChI is InChI=1S/C51H30F6N2O6/c52-50(53,54)43-29-35(58(60)61)21-25-47(43)64-45-23-19-33(27-39(45)31-11-3-1-4-12-31)49(41-17-9-7-15-37(41)38-16-8-10-18-42(38)49)34-20-24-46(40(28-34)32-13-5-2-6-14-32)65-48-26-22-36(59(62)63)30-44(48)51(55,56)57/h1-30H. The molecule has 1 aliphatic rings. The van der Waals surface area contributed by atoms with Crippen molar-refractivity contribution >= 4 is 11.4 Å². The molecule has 9 rings (SSSR count). The molecule has 0 amide bonds. The third kappa shape index (κ3) is 7.58. The number of hydrogen-bond donors (Lipinski definition) is 0. The molecule has 14 heteroatoms. The van der Waals surface area contributed by atoms with Crippen LogP contribution in [0.4, 0.5) is 37.7 Å². The van der Waals surface area contributed by atoms with Gasteiger partial charge < -0.3 is 9.47 Å². The van der Waals surface area contributed by atoms with Crippen LogP contribution in [-0.2, 0) is 17.8 Å². The van der Waals surface area contributed by atoms with Crippen molar-refractivity contribution in [2.75, 3.05) is 0 Å². The normalized spacial score (nSPS) is 12.8. The van der Waals surface area contributed by atoms with E-state index in [1.807, 2.05) is 60.7 Å². The number of nitro groups is 2. The van der Waals surface area contributed by atoms with Gasteiger partial charge in [-0.25, -0.2) is 0 Å². The van der Waals surface area contributed by atoms with Gasteiger partial charge in [-0.15, -0.1) is 0 Å². The van der Waals surface area contributed by atoms with Crippen LogP contribution < -0.4 is 9.47 Å². The predicted molar refractivity (Wildman–Crippen MR) is 231 cm³/mol. The van der Waals surface area contributed by atoms with Gasteiger partial charge >= 0.3 is 12.4 Å². The number of alkyl halides is 6. The first kappa shape index (κ1) is 42.1. The van der Waals surface area contributed by atoms with Crippen molar-refractivity contribution in [3.05, 3.63) is 236 Å². The monoisotopic (exact) mass is 880 g/mol. The lowest BCUT2D eigenvalue weighted by molar-refractivity contribution is -0.385. The van der Waals surface area contributed by atoms with E-state index >= 15 is 0 Å². The lowest BCUT2D eigenvalue weighted by Gasteiger charge is -2.35. The summed E-state index contributed by atoms with van der Waals surface area (Å²) >= 11 is 0. The quantitative estimate of drug-likeness (QED) is 0.0770. The molecule has 0 fully saturated rings. The minimum Gasteiger partial charge on any atom is -0.456 e. The predicted octanol–water partition coefficient (Wildman–Crippen LogP) is 14.8. The number of benzene rings is 8. The van der Waals surface area contributed by atoms with Gasteiger partial charge in [-0.1, -0.05) is 121 Å². The van der Waals surface area contributed by atoms with Crippen molar-refractivity contribution in [2.24, 2.45) is 0 Å². The summed E-state index contributed by atoms with van der Waals surface area (Å²) in [6, 6.07) is 47.9. The average molecular weight is 881 g/mol. The maximum atomic E-state index is 14.4. The SMILES string of the molecule is O=[N+]([O-])c1ccc(Oc2ccc(C3(c4ccc(Oc5ccc([N+](=O)[O-])cc5C(F)(F)F)c(-c5ccccc5)c4)c4ccccc4-c4ccccc43)cc2-c2ccccc2)c(C(F)(F)F)c1. The summed E-state index contributed by atoms with van der Waals surface area (Å²) < 4.78 is 98.8. The van der Waals surface area contributed by atoms with Crippen LogP contribution in [0.3, 0.4) is 0 Å². The molecule has 0 bridgehead atoms. The Hall–Kier alpha value is -8.26. The zero-order valence-corrected chi connectivity index (χ0v) is 33.4. The highest BCUT2D eigenvalue weighted by Gasteiger charge is 2.47. The molecule has 0 N–H and O–H groups in total. The van der Waals surface area contributed by atoms with E-state index < -0.39 is 61.6 Å². The van der Waals surface area contributed by atoms with E-state index in [1.54, 1.807) is 84.9 Å². The van der Waals surface area contributed by atoms with Crippen LogP contribution in [0.25, 0.3) is 33.4 Å². The number of hydrogen-bond acceptors (Lipinski definition) is 6. The molecule has 0 spiro atoms. The highest BCUT2D eigenvalue weighted by molar-refractivity contribution is 5.88. The highest BCUT2D eigenvalue weighted by atomic mass is 19.4.